The molecule has 26 heavy (non-hydrogen) atoms. The maximum Gasteiger partial charge on any atom is 0.275 e. The van der Waals surface area contributed by atoms with Crippen LogP contribution in [0.3, 0.4) is 0 Å². The Kier molecular flexibility index (Phi) is 5.81. The lowest BCUT2D eigenvalue weighted by Crippen LogP contribution is -2.38. The van der Waals surface area contributed by atoms with Crippen molar-refractivity contribution in [2.75, 3.05) is 0 Å². The Morgan fingerprint density at radius 3 is 2.50 bits per heavy atom. The molecule has 1 aliphatic rings. The van der Waals surface area contributed by atoms with Gasteiger partial charge in [0.15, 0.2) is 11.5 Å². The van der Waals surface area contributed by atoms with Crippen molar-refractivity contribution < 1.29 is 4.79 Å². The molecular weight excluding hydrogens is 328 g/mol. The first-order valence-corrected chi connectivity index (χ1v) is 9.41. The molecule has 1 aromatic carbocycles. The number of carbonyl (C=O) groups excluding carboxylic acids is 1. The average Bonchev–Trinajstić information content (AvgIpc) is 2.67. The van der Waals surface area contributed by atoms with Gasteiger partial charge in [-0.2, -0.15) is 0 Å². The summed E-state index contributed by atoms with van der Waals surface area (Å²) in [4.78, 5) is 27.9. The summed E-state index contributed by atoms with van der Waals surface area (Å²) in [7, 11) is 0. The molecule has 0 bridgehead atoms. The summed E-state index contributed by atoms with van der Waals surface area (Å²) in [5.41, 5.74) is 0.769. The van der Waals surface area contributed by atoms with E-state index in [-0.39, 0.29) is 23.1 Å². The van der Waals surface area contributed by atoms with Crippen LogP contribution in [0, 0.1) is 11.8 Å². The van der Waals surface area contributed by atoms with Gasteiger partial charge >= 0.3 is 0 Å². The number of H-pyrrole nitrogens is 1. The van der Waals surface area contributed by atoms with Gasteiger partial charge in [-0.3, -0.25) is 9.59 Å². The summed E-state index contributed by atoms with van der Waals surface area (Å²) in [6, 6.07) is 8.97. The van der Waals surface area contributed by atoms with E-state index in [4.69, 9.17) is 0 Å². The Bertz CT molecular complexity index is 795. The van der Waals surface area contributed by atoms with Crippen LogP contribution >= 0.6 is 0 Å². The van der Waals surface area contributed by atoms with Gasteiger partial charge in [0.1, 0.15) is 0 Å². The molecule has 2 aromatic rings. The summed E-state index contributed by atoms with van der Waals surface area (Å²) in [5, 5.41) is 11.3. The lowest BCUT2D eigenvalue weighted by Gasteiger charge is -2.27. The molecule has 1 fully saturated rings. The molecule has 1 aromatic heterocycles. The number of nitrogens with one attached hydrogen (secondary N) is 2. The van der Waals surface area contributed by atoms with E-state index >= 15 is 0 Å². The Morgan fingerprint density at radius 1 is 1.19 bits per heavy atom. The monoisotopic (exact) mass is 354 g/mol. The summed E-state index contributed by atoms with van der Waals surface area (Å²) >= 11 is 0. The quantitative estimate of drug-likeness (QED) is 0.863. The van der Waals surface area contributed by atoms with E-state index in [9.17, 15) is 9.59 Å². The third-order valence-electron chi connectivity index (χ3n) is 5.21. The van der Waals surface area contributed by atoms with Crippen molar-refractivity contribution in [2.24, 2.45) is 11.8 Å². The number of hydrogen-bond acceptors (Lipinski definition) is 4. The Balaban J connectivity index is 1.74. The topological polar surface area (TPSA) is 87.7 Å². The predicted molar refractivity (Wildman–Crippen MR) is 100 cm³/mol. The highest BCUT2D eigenvalue weighted by Crippen LogP contribution is 2.29. The SMILES string of the molecule is CCC(NC(=O)C1CCC(C)CC1)c1nnc(-c2ccccc2)[nH]c1=O. The fourth-order valence-electron chi connectivity index (χ4n) is 3.48. The van der Waals surface area contributed by atoms with Gasteiger partial charge in [0.05, 0.1) is 6.04 Å². The second-order valence-electron chi connectivity index (χ2n) is 7.18. The molecule has 1 heterocycles. The highest BCUT2D eigenvalue weighted by Gasteiger charge is 2.27. The highest BCUT2D eigenvalue weighted by molar-refractivity contribution is 5.79. The molecule has 0 radical (unpaired) electrons. The summed E-state index contributed by atoms with van der Waals surface area (Å²) < 4.78 is 0. The van der Waals surface area contributed by atoms with E-state index in [1.165, 1.54) is 0 Å². The number of carbonyl (C=O) groups is 1. The number of amides is 1. The van der Waals surface area contributed by atoms with Crippen LogP contribution in [0.25, 0.3) is 11.4 Å². The van der Waals surface area contributed by atoms with Crippen molar-refractivity contribution in [2.45, 2.75) is 52.0 Å². The van der Waals surface area contributed by atoms with Crippen molar-refractivity contribution in [3.05, 3.63) is 46.4 Å². The molecule has 6 heteroatoms. The highest BCUT2D eigenvalue weighted by atomic mass is 16.2. The van der Waals surface area contributed by atoms with Crippen molar-refractivity contribution in [3.63, 3.8) is 0 Å². The molecule has 3 rings (SSSR count). The molecule has 1 saturated carbocycles. The molecule has 2 N–H and O–H groups in total. The summed E-state index contributed by atoms with van der Waals surface area (Å²) in [6.45, 7) is 4.16. The maximum atomic E-state index is 12.6. The van der Waals surface area contributed by atoms with E-state index in [0.717, 1.165) is 31.2 Å². The standard InChI is InChI=1S/C20H26N4O2/c1-3-16(21-19(25)15-11-9-13(2)10-12-15)17-20(26)22-18(24-23-17)14-7-5-4-6-8-14/h4-8,13,15-16H,3,9-12H2,1-2H3,(H,21,25)(H,22,24,26). The minimum atomic E-state index is -0.414. The molecular formula is C20H26N4O2. The third-order valence-corrected chi connectivity index (χ3v) is 5.21. The van der Waals surface area contributed by atoms with Crippen molar-refractivity contribution in [1.82, 2.24) is 20.5 Å². The van der Waals surface area contributed by atoms with Crippen LogP contribution in [0.4, 0.5) is 0 Å². The van der Waals surface area contributed by atoms with Gasteiger partial charge < -0.3 is 10.3 Å². The van der Waals surface area contributed by atoms with Gasteiger partial charge in [0.2, 0.25) is 5.91 Å². The molecule has 0 saturated heterocycles. The lowest BCUT2D eigenvalue weighted by molar-refractivity contribution is -0.127. The van der Waals surface area contributed by atoms with Gasteiger partial charge in [-0.15, -0.1) is 10.2 Å². The molecule has 0 spiro atoms. The van der Waals surface area contributed by atoms with Crippen molar-refractivity contribution >= 4 is 5.91 Å². The van der Waals surface area contributed by atoms with Crippen LogP contribution in [0.2, 0.25) is 0 Å². The summed E-state index contributed by atoms with van der Waals surface area (Å²) in [6.07, 6.45) is 4.59. The second-order valence-corrected chi connectivity index (χ2v) is 7.18. The average molecular weight is 354 g/mol. The Labute approximate surface area is 153 Å². The largest absolute Gasteiger partial charge is 0.347 e. The fraction of sp³-hybridized carbons (Fsp3) is 0.500. The molecule has 6 nitrogen and oxygen atoms in total. The summed E-state index contributed by atoms with van der Waals surface area (Å²) in [5.74, 6) is 1.19. The smallest absolute Gasteiger partial charge is 0.275 e. The van der Waals surface area contributed by atoms with E-state index in [0.29, 0.717) is 18.2 Å². The van der Waals surface area contributed by atoms with Gasteiger partial charge in [-0.05, 0) is 38.0 Å². The van der Waals surface area contributed by atoms with Crippen molar-refractivity contribution in [1.29, 1.82) is 0 Å². The Hall–Kier alpha value is -2.50. The van der Waals surface area contributed by atoms with Crippen LogP contribution in [0.5, 0.6) is 0 Å². The van der Waals surface area contributed by atoms with Gasteiger partial charge in [-0.25, -0.2) is 0 Å². The predicted octanol–water partition coefficient (Wildman–Crippen LogP) is 3.23. The number of hydrogen-bond donors (Lipinski definition) is 2. The molecule has 1 atom stereocenters. The lowest BCUT2D eigenvalue weighted by atomic mass is 9.82. The Morgan fingerprint density at radius 2 is 1.88 bits per heavy atom. The van der Waals surface area contributed by atoms with E-state index in [1.807, 2.05) is 37.3 Å². The fourth-order valence-corrected chi connectivity index (χ4v) is 3.48. The van der Waals surface area contributed by atoms with Crippen LogP contribution in [0.15, 0.2) is 35.1 Å². The molecule has 138 valence electrons. The third kappa shape index (κ3) is 4.18. The first-order valence-electron chi connectivity index (χ1n) is 9.41. The van der Waals surface area contributed by atoms with Crippen LogP contribution in [-0.2, 0) is 4.79 Å². The van der Waals surface area contributed by atoms with Gasteiger partial charge in [0.25, 0.3) is 5.56 Å². The number of benzene rings is 1. The first-order chi connectivity index (χ1) is 12.6. The van der Waals surface area contributed by atoms with E-state index in [2.05, 4.69) is 27.4 Å². The van der Waals surface area contributed by atoms with Crippen LogP contribution < -0.4 is 10.9 Å². The zero-order valence-corrected chi connectivity index (χ0v) is 15.4. The zero-order valence-electron chi connectivity index (χ0n) is 15.4. The van der Waals surface area contributed by atoms with Crippen LogP contribution in [0.1, 0.15) is 57.7 Å². The van der Waals surface area contributed by atoms with E-state index in [1.54, 1.807) is 0 Å². The van der Waals surface area contributed by atoms with Crippen LogP contribution in [-0.4, -0.2) is 21.1 Å². The molecule has 1 unspecified atom stereocenters. The van der Waals surface area contributed by atoms with Crippen molar-refractivity contribution in [3.8, 4) is 11.4 Å². The number of rotatable bonds is 5. The van der Waals surface area contributed by atoms with Gasteiger partial charge in [-0.1, -0.05) is 44.2 Å². The van der Waals surface area contributed by atoms with Gasteiger partial charge in [0, 0.05) is 11.5 Å². The number of aromatic nitrogens is 3. The normalized spacial score (nSPS) is 21.2. The minimum Gasteiger partial charge on any atom is -0.347 e. The maximum absolute atomic E-state index is 12.6. The molecule has 1 aliphatic carbocycles. The zero-order chi connectivity index (χ0) is 18.5. The number of aromatic amines is 1. The first kappa shape index (κ1) is 18.3. The molecule has 1 amide bonds. The second kappa shape index (κ2) is 8.25. The van der Waals surface area contributed by atoms with E-state index < -0.39 is 6.04 Å². The minimum absolute atomic E-state index is 0.0251. The molecule has 0 aliphatic heterocycles. The number of nitrogens with zero attached hydrogens (tertiary/aromatic N) is 2.